The summed E-state index contributed by atoms with van der Waals surface area (Å²) in [6.07, 6.45) is 5.17. The third kappa shape index (κ3) is 5.23. The molecule has 0 aliphatic rings. The Labute approximate surface area is 193 Å². The first-order chi connectivity index (χ1) is 16.0. The molecule has 2 amide bonds. The Balaban J connectivity index is 1.55. The van der Waals surface area contributed by atoms with Gasteiger partial charge in [0.2, 0.25) is 5.91 Å². The molecule has 168 valence electrons. The molecule has 2 aromatic heterocycles. The number of carbonyl (C=O) groups excluding carboxylic acids is 2. The molecule has 33 heavy (non-hydrogen) atoms. The second-order valence-corrected chi connectivity index (χ2v) is 7.98. The lowest BCUT2D eigenvalue weighted by molar-refractivity contribution is -0.133. The molecule has 4 aromatic rings. The molecule has 0 bridgehead atoms. The van der Waals surface area contributed by atoms with Crippen LogP contribution in [0, 0.1) is 0 Å². The smallest absolute Gasteiger partial charge is 0.254 e. The molecule has 2 heterocycles. The van der Waals surface area contributed by atoms with E-state index in [9.17, 15) is 9.59 Å². The highest BCUT2D eigenvalue weighted by Crippen LogP contribution is 2.18. The number of carbonyl (C=O) groups is 2. The van der Waals surface area contributed by atoms with Crippen LogP contribution in [0.5, 0.6) is 0 Å². The quantitative estimate of drug-likeness (QED) is 0.356. The van der Waals surface area contributed by atoms with E-state index >= 15 is 0 Å². The summed E-state index contributed by atoms with van der Waals surface area (Å²) >= 11 is 0. The van der Waals surface area contributed by atoms with Crippen LogP contribution in [0.1, 0.15) is 21.8 Å². The summed E-state index contributed by atoms with van der Waals surface area (Å²) in [5.74, 6) is 0.322. The third-order valence-electron chi connectivity index (χ3n) is 5.64. The Kier molecular flexibility index (Phi) is 6.74. The Hall–Kier alpha value is -4.06. The lowest BCUT2D eigenvalue weighted by Crippen LogP contribution is -2.42. The lowest BCUT2D eigenvalue weighted by Gasteiger charge is -2.27. The van der Waals surface area contributed by atoms with E-state index in [-0.39, 0.29) is 24.9 Å². The average Bonchev–Trinajstić information content (AvgIpc) is 3.49. The van der Waals surface area contributed by atoms with Gasteiger partial charge in [-0.15, -0.1) is 6.58 Å². The van der Waals surface area contributed by atoms with Crippen LogP contribution in [-0.2, 0) is 24.9 Å². The second kappa shape index (κ2) is 10.0. The molecular weight excluding hydrogens is 414 g/mol. The van der Waals surface area contributed by atoms with Gasteiger partial charge in [-0.1, -0.05) is 36.4 Å². The van der Waals surface area contributed by atoms with Crippen molar-refractivity contribution in [2.75, 3.05) is 13.1 Å². The first-order valence-corrected chi connectivity index (χ1v) is 10.8. The number of rotatable bonds is 9. The Morgan fingerprint density at radius 1 is 0.970 bits per heavy atom. The molecule has 0 saturated heterocycles. The fraction of sp³-hybridized carbons (Fsp3) is 0.185. The van der Waals surface area contributed by atoms with Gasteiger partial charge in [0.15, 0.2) is 0 Å². The fourth-order valence-electron chi connectivity index (χ4n) is 3.82. The zero-order valence-corrected chi connectivity index (χ0v) is 18.7. The van der Waals surface area contributed by atoms with E-state index in [2.05, 4.69) is 6.58 Å². The van der Waals surface area contributed by atoms with Crippen LogP contribution in [0.15, 0.2) is 96.3 Å². The number of fused-ring (bicyclic) bond motifs is 1. The van der Waals surface area contributed by atoms with Gasteiger partial charge in [-0.2, -0.15) is 0 Å². The number of hydrogen-bond acceptors (Lipinski definition) is 3. The molecule has 2 aromatic carbocycles. The minimum atomic E-state index is -0.203. The van der Waals surface area contributed by atoms with E-state index in [1.54, 1.807) is 29.4 Å². The first-order valence-electron chi connectivity index (χ1n) is 10.8. The van der Waals surface area contributed by atoms with E-state index < -0.39 is 0 Å². The number of amides is 2. The minimum Gasteiger partial charge on any atom is -0.467 e. The summed E-state index contributed by atoms with van der Waals surface area (Å²) in [6, 6.07) is 21.0. The van der Waals surface area contributed by atoms with E-state index in [1.807, 2.05) is 72.4 Å². The van der Waals surface area contributed by atoms with Crippen LogP contribution in [0.2, 0.25) is 0 Å². The monoisotopic (exact) mass is 441 g/mol. The highest BCUT2D eigenvalue weighted by atomic mass is 16.3. The van der Waals surface area contributed by atoms with Crippen molar-refractivity contribution >= 4 is 22.6 Å². The van der Waals surface area contributed by atoms with Crippen LogP contribution >= 0.6 is 0 Å². The number of aromatic nitrogens is 1. The normalized spacial score (nSPS) is 10.8. The van der Waals surface area contributed by atoms with Gasteiger partial charge in [-0.05, 0) is 47.2 Å². The van der Waals surface area contributed by atoms with Crippen molar-refractivity contribution < 1.29 is 14.0 Å². The van der Waals surface area contributed by atoms with Gasteiger partial charge in [0, 0.05) is 31.0 Å². The van der Waals surface area contributed by atoms with E-state index in [1.165, 1.54) is 4.90 Å². The largest absolute Gasteiger partial charge is 0.467 e. The average molecular weight is 442 g/mol. The van der Waals surface area contributed by atoms with Crippen LogP contribution in [0.4, 0.5) is 0 Å². The molecule has 0 unspecified atom stereocenters. The number of benzene rings is 2. The first kappa shape index (κ1) is 22.1. The molecule has 0 atom stereocenters. The third-order valence-corrected chi connectivity index (χ3v) is 5.64. The zero-order valence-electron chi connectivity index (χ0n) is 18.7. The van der Waals surface area contributed by atoms with Crippen molar-refractivity contribution in [3.8, 4) is 0 Å². The van der Waals surface area contributed by atoms with Crippen LogP contribution < -0.4 is 0 Å². The molecule has 0 aliphatic carbocycles. The van der Waals surface area contributed by atoms with Crippen molar-refractivity contribution in [3.63, 3.8) is 0 Å². The lowest BCUT2D eigenvalue weighted by atomic mass is 10.1. The van der Waals surface area contributed by atoms with E-state index in [4.69, 9.17) is 4.42 Å². The summed E-state index contributed by atoms with van der Waals surface area (Å²) in [5, 5.41) is 2.05. The maximum Gasteiger partial charge on any atom is 0.254 e. The molecule has 0 aliphatic heterocycles. The molecular formula is C27H27N3O3. The molecule has 6 nitrogen and oxygen atoms in total. The molecule has 0 radical (unpaired) electrons. The Morgan fingerprint density at radius 2 is 1.79 bits per heavy atom. The van der Waals surface area contributed by atoms with Gasteiger partial charge >= 0.3 is 0 Å². The van der Waals surface area contributed by atoms with Gasteiger partial charge in [-0.3, -0.25) is 9.59 Å². The minimum absolute atomic E-state index is 0.0528. The molecule has 0 fully saturated rings. The van der Waals surface area contributed by atoms with Gasteiger partial charge in [0.1, 0.15) is 12.3 Å². The Bertz CT molecular complexity index is 1260. The van der Waals surface area contributed by atoms with E-state index in [0.717, 1.165) is 16.5 Å². The topological polar surface area (TPSA) is 58.7 Å². The fourth-order valence-corrected chi connectivity index (χ4v) is 3.82. The van der Waals surface area contributed by atoms with E-state index in [0.29, 0.717) is 24.4 Å². The van der Waals surface area contributed by atoms with Gasteiger partial charge < -0.3 is 18.8 Å². The maximum absolute atomic E-state index is 13.4. The maximum atomic E-state index is 13.4. The predicted octanol–water partition coefficient (Wildman–Crippen LogP) is 4.63. The second-order valence-electron chi connectivity index (χ2n) is 7.98. The van der Waals surface area contributed by atoms with Crippen molar-refractivity contribution in [2.45, 2.75) is 13.1 Å². The van der Waals surface area contributed by atoms with Crippen LogP contribution in [0.3, 0.4) is 0 Å². The van der Waals surface area contributed by atoms with Gasteiger partial charge in [0.05, 0.1) is 19.4 Å². The van der Waals surface area contributed by atoms with Gasteiger partial charge in [-0.25, -0.2) is 0 Å². The Morgan fingerprint density at radius 3 is 2.48 bits per heavy atom. The summed E-state index contributed by atoms with van der Waals surface area (Å²) in [7, 11) is 1.94. The number of hydrogen-bond donors (Lipinski definition) is 0. The number of aryl methyl sites for hydroxylation is 1. The highest BCUT2D eigenvalue weighted by Gasteiger charge is 2.23. The molecule has 0 N–H and O–H groups in total. The number of furan rings is 1. The molecule has 4 rings (SSSR count). The predicted molar refractivity (Wildman–Crippen MR) is 128 cm³/mol. The molecule has 0 spiro atoms. The summed E-state index contributed by atoms with van der Waals surface area (Å²) in [4.78, 5) is 29.9. The highest BCUT2D eigenvalue weighted by molar-refractivity contribution is 6.00. The summed E-state index contributed by atoms with van der Waals surface area (Å²) in [6.45, 7) is 4.73. The van der Waals surface area contributed by atoms with Crippen molar-refractivity contribution in [3.05, 3.63) is 109 Å². The SMILES string of the molecule is C=CCN(CC(=O)N(Cc1ccco1)Cc1cccn1C)C(=O)c1ccc2ccccc2c1. The number of nitrogens with zero attached hydrogens (tertiary/aromatic N) is 3. The zero-order chi connectivity index (χ0) is 23.2. The van der Waals surface area contributed by atoms with Crippen molar-refractivity contribution in [1.29, 1.82) is 0 Å². The molecule has 6 heteroatoms. The van der Waals surface area contributed by atoms with Crippen LogP contribution in [-0.4, -0.2) is 39.3 Å². The van der Waals surface area contributed by atoms with Crippen molar-refractivity contribution in [1.82, 2.24) is 14.4 Å². The van der Waals surface area contributed by atoms with Crippen LogP contribution in [0.25, 0.3) is 10.8 Å². The van der Waals surface area contributed by atoms with Crippen molar-refractivity contribution in [2.24, 2.45) is 7.05 Å². The summed E-state index contributed by atoms with van der Waals surface area (Å²) < 4.78 is 7.45. The molecule has 0 saturated carbocycles. The summed E-state index contributed by atoms with van der Waals surface area (Å²) in [5.41, 5.74) is 1.54. The van der Waals surface area contributed by atoms with Gasteiger partial charge in [0.25, 0.3) is 5.91 Å². The standard InChI is InChI=1S/C27H27N3O3/c1-3-14-29(27(32)23-13-12-21-8-4-5-9-22(21)17-23)20-26(31)30(19-25-11-7-16-33-25)18-24-10-6-15-28(24)2/h3-13,15-17H,1,14,18-20H2,2H3.